The van der Waals surface area contributed by atoms with Crippen molar-refractivity contribution in [3.8, 4) is 0 Å². The molecule has 0 aromatic carbocycles. The summed E-state index contributed by atoms with van der Waals surface area (Å²) in [5, 5.41) is 0. The van der Waals surface area contributed by atoms with Crippen molar-refractivity contribution in [2.24, 2.45) is 5.73 Å². The lowest BCUT2D eigenvalue weighted by molar-refractivity contribution is -0.141. The summed E-state index contributed by atoms with van der Waals surface area (Å²) in [5.41, 5.74) is 1.74. The standard InChI is InChI=1S/C11H11F5N2O2/c1-20-8(19)3-5-2-6(11(14,15)16)7(4-17)18-9(5)10(12)13/h2,10H,3-4,17H2,1H3. The van der Waals surface area contributed by atoms with Gasteiger partial charge < -0.3 is 10.5 Å². The van der Waals surface area contributed by atoms with E-state index in [4.69, 9.17) is 5.73 Å². The smallest absolute Gasteiger partial charge is 0.418 e. The Kier molecular flexibility index (Phi) is 4.98. The summed E-state index contributed by atoms with van der Waals surface area (Å²) < 4.78 is 68.1. The van der Waals surface area contributed by atoms with Crippen molar-refractivity contribution in [2.75, 3.05) is 7.11 Å². The minimum Gasteiger partial charge on any atom is -0.469 e. The van der Waals surface area contributed by atoms with Gasteiger partial charge in [0, 0.05) is 6.54 Å². The average molecular weight is 298 g/mol. The van der Waals surface area contributed by atoms with Gasteiger partial charge in [-0.1, -0.05) is 0 Å². The van der Waals surface area contributed by atoms with Crippen molar-refractivity contribution in [3.63, 3.8) is 0 Å². The van der Waals surface area contributed by atoms with Crippen LogP contribution >= 0.6 is 0 Å². The van der Waals surface area contributed by atoms with E-state index < -0.39 is 54.1 Å². The van der Waals surface area contributed by atoms with Crippen LogP contribution in [0.1, 0.15) is 28.9 Å². The van der Waals surface area contributed by atoms with E-state index >= 15 is 0 Å². The molecule has 0 fully saturated rings. The lowest BCUT2D eigenvalue weighted by Crippen LogP contribution is -2.18. The molecule has 4 nitrogen and oxygen atoms in total. The van der Waals surface area contributed by atoms with Crippen LogP contribution in [0.3, 0.4) is 0 Å². The minimum absolute atomic E-state index is 0.466. The molecule has 0 spiro atoms. The number of halogens is 5. The quantitative estimate of drug-likeness (QED) is 0.683. The molecule has 1 aromatic rings. The Morgan fingerprint density at radius 3 is 2.45 bits per heavy atom. The molecule has 0 saturated carbocycles. The molecule has 0 bridgehead atoms. The number of hydrogen-bond donors (Lipinski definition) is 1. The Morgan fingerprint density at radius 1 is 1.45 bits per heavy atom. The highest BCUT2D eigenvalue weighted by molar-refractivity contribution is 5.72. The number of rotatable bonds is 4. The summed E-state index contributed by atoms with van der Waals surface area (Å²) in [6.07, 6.45) is -8.65. The van der Waals surface area contributed by atoms with Gasteiger partial charge in [-0.15, -0.1) is 0 Å². The van der Waals surface area contributed by atoms with Gasteiger partial charge in [0.2, 0.25) is 0 Å². The maximum Gasteiger partial charge on any atom is 0.418 e. The van der Waals surface area contributed by atoms with Crippen molar-refractivity contribution < 1.29 is 31.5 Å². The highest BCUT2D eigenvalue weighted by Gasteiger charge is 2.35. The predicted molar refractivity (Wildman–Crippen MR) is 57.8 cm³/mol. The number of aromatic nitrogens is 1. The summed E-state index contributed by atoms with van der Waals surface area (Å²) in [6, 6.07) is 0.466. The molecule has 0 saturated heterocycles. The SMILES string of the molecule is COC(=O)Cc1cc(C(F)(F)F)c(CN)nc1C(F)F. The third-order valence-electron chi connectivity index (χ3n) is 2.48. The third-order valence-corrected chi connectivity index (χ3v) is 2.48. The summed E-state index contributed by atoms with van der Waals surface area (Å²) in [7, 11) is 0.997. The van der Waals surface area contributed by atoms with E-state index in [1.54, 1.807) is 0 Å². The van der Waals surface area contributed by atoms with Crippen LogP contribution in [-0.2, 0) is 28.7 Å². The van der Waals surface area contributed by atoms with Crippen LogP contribution in [-0.4, -0.2) is 18.1 Å². The van der Waals surface area contributed by atoms with E-state index in [1.165, 1.54) is 0 Å². The number of hydrogen-bond acceptors (Lipinski definition) is 4. The van der Waals surface area contributed by atoms with Gasteiger partial charge in [0.1, 0.15) is 5.69 Å². The van der Waals surface area contributed by atoms with Gasteiger partial charge in [-0.05, 0) is 11.6 Å². The highest BCUT2D eigenvalue weighted by Crippen LogP contribution is 2.34. The maximum absolute atomic E-state index is 12.8. The first-order valence-electron chi connectivity index (χ1n) is 5.35. The van der Waals surface area contributed by atoms with E-state index in [9.17, 15) is 26.7 Å². The second-order valence-corrected chi connectivity index (χ2v) is 3.78. The molecule has 0 radical (unpaired) electrons. The number of alkyl halides is 5. The molecule has 1 heterocycles. The van der Waals surface area contributed by atoms with Gasteiger partial charge in [-0.3, -0.25) is 4.79 Å². The maximum atomic E-state index is 12.8. The van der Waals surface area contributed by atoms with Crippen molar-refractivity contribution in [2.45, 2.75) is 25.6 Å². The van der Waals surface area contributed by atoms with Gasteiger partial charge in [0.05, 0.1) is 24.8 Å². The molecule has 9 heteroatoms. The van der Waals surface area contributed by atoms with Gasteiger partial charge in [-0.25, -0.2) is 13.8 Å². The first kappa shape index (κ1) is 16.3. The van der Waals surface area contributed by atoms with Crippen LogP contribution in [0.25, 0.3) is 0 Å². The summed E-state index contributed by atoms with van der Waals surface area (Å²) >= 11 is 0. The Balaban J connectivity index is 3.42. The van der Waals surface area contributed by atoms with Crippen LogP contribution in [0.15, 0.2) is 6.07 Å². The fourth-order valence-corrected chi connectivity index (χ4v) is 1.57. The molecule has 1 aromatic heterocycles. The summed E-state index contributed by atoms with van der Waals surface area (Å²) in [6.45, 7) is -0.646. The number of methoxy groups -OCH3 is 1. The number of nitrogens with zero attached hydrogens (tertiary/aromatic N) is 1. The molecule has 0 aliphatic carbocycles. The summed E-state index contributed by atoms with van der Waals surface area (Å²) in [5.74, 6) is -0.942. The minimum atomic E-state index is -4.80. The number of pyridine rings is 1. The average Bonchev–Trinajstić information content (AvgIpc) is 2.36. The topological polar surface area (TPSA) is 65.2 Å². The fraction of sp³-hybridized carbons (Fsp3) is 0.455. The number of carbonyl (C=O) groups excluding carboxylic acids is 1. The predicted octanol–water partition coefficient (Wildman–Crippen LogP) is 2.21. The molecule has 0 aliphatic heterocycles. The zero-order valence-corrected chi connectivity index (χ0v) is 10.3. The van der Waals surface area contributed by atoms with E-state index in [1.807, 2.05) is 0 Å². The van der Waals surface area contributed by atoms with E-state index in [-0.39, 0.29) is 0 Å². The Bertz CT molecular complexity index is 502. The van der Waals surface area contributed by atoms with Crippen LogP contribution in [0.5, 0.6) is 0 Å². The Hall–Kier alpha value is -1.77. The number of esters is 1. The second kappa shape index (κ2) is 6.12. The highest BCUT2D eigenvalue weighted by atomic mass is 19.4. The lowest BCUT2D eigenvalue weighted by atomic mass is 10.0. The van der Waals surface area contributed by atoms with Crippen LogP contribution in [0.4, 0.5) is 22.0 Å². The van der Waals surface area contributed by atoms with Crippen LogP contribution in [0, 0.1) is 0 Å². The molecule has 0 amide bonds. The Labute approximate surface area is 110 Å². The molecule has 20 heavy (non-hydrogen) atoms. The molecule has 2 N–H and O–H groups in total. The van der Waals surface area contributed by atoms with Crippen LogP contribution in [0.2, 0.25) is 0 Å². The first-order chi connectivity index (χ1) is 9.20. The number of nitrogens with two attached hydrogens (primary N) is 1. The second-order valence-electron chi connectivity index (χ2n) is 3.78. The molecule has 0 aliphatic rings. The fourth-order valence-electron chi connectivity index (χ4n) is 1.57. The first-order valence-corrected chi connectivity index (χ1v) is 5.35. The molecular formula is C11H11F5N2O2. The zero-order valence-electron chi connectivity index (χ0n) is 10.3. The van der Waals surface area contributed by atoms with Crippen molar-refractivity contribution in [1.82, 2.24) is 4.98 Å². The molecular weight excluding hydrogens is 287 g/mol. The van der Waals surface area contributed by atoms with Crippen molar-refractivity contribution in [1.29, 1.82) is 0 Å². The van der Waals surface area contributed by atoms with Gasteiger partial charge in [0.15, 0.2) is 0 Å². The van der Waals surface area contributed by atoms with Crippen LogP contribution < -0.4 is 5.73 Å². The molecule has 112 valence electrons. The van der Waals surface area contributed by atoms with Gasteiger partial charge in [-0.2, -0.15) is 13.2 Å². The lowest BCUT2D eigenvalue weighted by Gasteiger charge is -2.15. The van der Waals surface area contributed by atoms with Crippen molar-refractivity contribution in [3.05, 3.63) is 28.6 Å². The molecule has 0 atom stereocenters. The largest absolute Gasteiger partial charge is 0.469 e. The van der Waals surface area contributed by atoms with Crippen molar-refractivity contribution >= 4 is 5.97 Å². The Morgan fingerprint density at radius 2 is 2.05 bits per heavy atom. The molecule has 0 unspecified atom stereocenters. The summed E-state index contributed by atoms with van der Waals surface area (Å²) in [4.78, 5) is 14.3. The monoisotopic (exact) mass is 298 g/mol. The number of ether oxygens (including phenoxy) is 1. The van der Waals surface area contributed by atoms with E-state index in [0.29, 0.717) is 6.07 Å². The normalized spacial score (nSPS) is 11.8. The third kappa shape index (κ3) is 3.62. The zero-order chi connectivity index (χ0) is 15.5. The van der Waals surface area contributed by atoms with E-state index in [0.717, 1.165) is 7.11 Å². The van der Waals surface area contributed by atoms with E-state index in [2.05, 4.69) is 9.72 Å². The number of carbonyl (C=O) groups is 1. The van der Waals surface area contributed by atoms with Gasteiger partial charge in [0.25, 0.3) is 6.43 Å². The van der Waals surface area contributed by atoms with Gasteiger partial charge >= 0.3 is 12.1 Å². The molecule has 1 rings (SSSR count).